The molecule has 14 nitrogen and oxygen atoms in total. The van der Waals surface area contributed by atoms with Gasteiger partial charge in [-0.1, -0.05) is 94.9 Å². The molecule has 2 unspecified atom stereocenters. The van der Waals surface area contributed by atoms with Crippen LogP contribution >= 0.6 is 46.4 Å². The van der Waals surface area contributed by atoms with E-state index in [0.717, 1.165) is 44.5 Å². The number of ether oxygens (including phenoxy) is 4. The fourth-order valence-corrected chi connectivity index (χ4v) is 12.2. The van der Waals surface area contributed by atoms with E-state index >= 15 is 0 Å². The standard InChI is InChI=1S/C52H64Cl4N6O8S2/c1-61-33-47(45-27-41(53)29-51(55)49(45)35-61)39-5-3-7-43(25-39)71(63,64)59-15-19-69-23-21-67-17-13-57-31-37-9-11-38(12-10-37)32-58-14-18-68-22-24-70-20-16-60-72(65,66)44-8-4-6-40(26-44)48-34-62(2)36-50-46(48)28-42(54)30-52(50)56/h3-12,25-30,47-48,57-60H,13-24,31-36H2,1-2H3. The van der Waals surface area contributed by atoms with Crippen molar-refractivity contribution in [3.8, 4) is 0 Å². The maximum Gasteiger partial charge on any atom is 0.240 e. The summed E-state index contributed by atoms with van der Waals surface area (Å²) in [4.78, 5) is 4.72. The van der Waals surface area contributed by atoms with Gasteiger partial charge < -0.3 is 39.4 Å². The Bertz CT molecular complexity index is 2610. The summed E-state index contributed by atoms with van der Waals surface area (Å²) in [5.41, 5.74) is 8.14. The minimum atomic E-state index is -3.75. The van der Waals surface area contributed by atoms with E-state index in [-0.39, 0.29) is 47.9 Å². The molecule has 72 heavy (non-hydrogen) atoms. The number of nitrogens with one attached hydrogen (secondary N) is 4. The van der Waals surface area contributed by atoms with Gasteiger partial charge in [-0.15, -0.1) is 0 Å². The number of rotatable bonds is 28. The highest BCUT2D eigenvalue weighted by Gasteiger charge is 2.30. The van der Waals surface area contributed by atoms with Crippen molar-refractivity contribution in [2.75, 3.05) is 106 Å². The summed E-state index contributed by atoms with van der Waals surface area (Å²) in [6.07, 6.45) is 0. The zero-order valence-electron chi connectivity index (χ0n) is 40.6. The van der Waals surface area contributed by atoms with E-state index in [1.165, 1.54) is 0 Å². The predicted molar refractivity (Wildman–Crippen MR) is 286 cm³/mol. The third-order valence-corrected chi connectivity index (χ3v) is 16.5. The molecule has 2 heterocycles. The van der Waals surface area contributed by atoms with Gasteiger partial charge in [0.1, 0.15) is 0 Å². The highest BCUT2D eigenvalue weighted by Crippen LogP contribution is 2.40. The Balaban J connectivity index is 0.675. The van der Waals surface area contributed by atoms with Crippen molar-refractivity contribution >= 4 is 66.5 Å². The molecule has 2 aliphatic rings. The van der Waals surface area contributed by atoms with Gasteiger partial charge in [-0.2, -0.15) is 0 Å². The van der Waals surface area contributed by atoms with Crippen molar-refractivity contribution in [3.63, 3.8) is 0 Å². The molecule has 0 amide bonds. The van der Waals surface area contributed by atoms with Crippen LogP contribution in [0.25, 0.3) is 0 Å². The molecule has 0 aromatic heterocycles. The van der Waals surface area contributed by atoms with E-state index < -0.39 is 20.0 Å². The molecule has 2 atom stereocenters. The predicted octanol–water partition coefficient (Wildman–Crippen LogP) is 7.66. The highest BCUT2D eigenvalue weighted by atomic mass is 35.5. The Labute approximate surface area is 445 Å². The summed E-state index contributed by atoms with van der Waals surface area (Å²) in [6, 6.07) is 29.8. The van der Waals surface area contributed by atoms with Gasteiger partial charge in [-0.05, 0) is 107 Å². The van der Waals surface area contributed by atoms with E-state index in [4.69, 9.17) is 65.4 Å². The van der Waals surface area contributed by atoms with Crippen molar-refractivity contribution in [3.05, 3.63) is 162 Å². The summed E-state index contributed by atoms with van der Waals surface area (Å²) >= 11 is 25.8. The summed E-state index contributed by atoms with van der Waals surface area (Å²) in [5, 5.41) is 9.11. The number of hydrogen-bond acceptors (Lipinski definition) is 12. The molecule has 7 rings (SSSR count). The van der Waals surface area contributed by atoms with Gasteiger partial charge in [-0.25, -0.2) is 26.3 Å². The van der Waals surface area contributed by atoms with Crippen LogP contribution in [0, 0.1) is 0 Å². The highest BCUT2D eigenvalue weighted by molar-refractivity contribution is 7.89. The molecule has 5 aromatic carbocycles. The topological polar surface area (TPSA) is 160 Å². The fraction of sp³-hybridized carbons (Fsp3) is 0.423. The largest absolute Gasteiger partial charge is 0.378 e. The molecule has 0 radical (unpaired) electrons. The minimum Gasteiger partial charge on any atom is -0.378 e. The number of hydrogen-bond donors (Lipinski definition) is 4. The zero-order chi connectivity index (χ0) is 51.1. The number of halogens is 4. The van der Waals surface area contributed by atoms with Crippen LogP contribution in [-0.2, 0) is 65.2 Å². The monoisotopic (exact) mass is 1100 g/mol. The summed E-state index contributed by atoms with van der Waals surface area (Å²) in [7, 11) is -3.47. The van der Waals surface area contributed by atoms with Crippen LogP contribution in [0.15, 0.2) is 107 Å². The van der Waals surface area contributed by atoms with Gasteiger partial charge in [0.15, 0.2) is 0 Å². The molecule has 0 bridgehead atoms. The molecule has 0 saturated carbocycles. The second kappa shape index (κ2) is 27.5. The summed E-state index contributed by atoms with van der Waals surface area (Å²) < 4.78 is 80.6. The Hall–Kier alpha value is -3.24. The first-order valence-corrected chi connectivity index (χ1v) is 28.5. The number of sulfonamides is 2. The molecule has 2 aliphatic heterocycles. The van der Waals surface area contributed by atoms with Crippen LogP contribution in [-0.4, -0.2) is 133 Å². The maximum atomic E-state index is 13.2. The van der Waals surface area contributed by atoms with Crippen LogP contribution in [0.1, 0.15) is 56.3 Å². The van der Waals surface area contributed by atoms with Crippen molar-refractivity contribution in [1.82, 2.24) is 29.9 Å². The zero-order valence-corrected chi connectivity index (χ0v) is 45.3. The number of fused-ring (bicyclic) bond motifs is 2. The van der Waals surface area contributed by atoms with Gasteiger partial charge >= 0.3 is 0 Å². The van der Waals surface area contributed by atoms with Crippen molar-refractivity contribution in [1.29, 1.82) is 0 Å². The summed E-state index contributed by atoms with van der Waals surface area (Å²) in [5.74, 6) is -0.140. The SMILES string of the molecule is CN1Cc2c(Cl)cc(Cl)cc2C(c2cccc(S(=O)(=O)NCCOCCOCCNCc3ccc(CNCCOCCOCCNS(=O)(=O)c4cccc(C5CN(C)Cc6c(Cl)cc(Cl)cc65)c4)cc3)c2)C1. The van der Waals surface area contributed by atoms with Crippen LogP contribution in [0.4, 0.5) is 0 Å². The van der Waals surface area contributed by atoms with Gasteiger partial charge in [0.25, 0.3) is 0 Å². The number of benzene rings is 5. The van der Waals surface area contributed by atoms with Crippen LogP contribution in [0.5, 0.6) is 0 Å². The molecule has 20 heteroatoms. The molecular formula is C52H64Cl4N6O8S2. The van der Waals surface area contributed by atoms with E-state index in [9.17, 15) is 16.8 Å². The van der Waals surface area contributed by atoms with E-state index in [1.54, 1.807) is 48.5 Å². The average molecular weight is 1110 g/mol. The lowest BCUT2D eigenvalue weighted by atomic mass is 9.85. The lowest BCUT2D eigenvalue weighted by Crippen LogP contribution is -2.31. The van der Waals surface area contributed by atoms with Gasteiger partial charge in [0.05, 0.1) is 62.6 Å². The summed E-state index contributed by atoms with van der Waals surface area (Å²) in [6.45, 7) is 8.82. The van der Waals surface area contributed by atoms with E-state index in [2.05, 4.69) is 54.1 Å². The quantitative estimate of drug-likeness (QED) is 0.0363. The minimum absolute atomic E-state index is 0.0699. The molecule has 0 spiro atoms. The number of nitrogens with zero attached hydrogens (tertiary/aromatic N) is 2. The van der Waals surface area contributed by atoms with E-state index in [1.807, 2.05) is 38.4 Å². The smallest absolute Gasteiger partial charge is 0.240 e. The molecule has 0 saturated heterocycles. The van der Waals surface area contributed by atoms with Crippen molar-refractivity contribution in [2.45, 2.75) is 47.8 Å². The Morgan fingerprint density at radius 2 is 0.875 bits per heavy atom. The second-order valence-corrected chi connectivity index (χ2v) is 23.2. The normalized spacial score (nSPS) is 16.5. The lowest BCUT2D eigenvalue weighted by molar-refractivity contribution is 0.0510. The second-order valence-electron chi connectivity index (χ2n) is 18.0. The van der Waals surface area contributed by atoms with Crippen LogP contribution < -0.4 is 20.1 Å². The first kappa shape index (κ1) is 56.5. The fourth-order valence-electron chi connectivity index (χ4n) is 8.89. The molecule has 390 valence electrons. The molecule has 0 aliphatic carbocycles. The average Bonchev–Trinajstić information content (AvgIpc) is 3.35. The third kappa shape index (κ3) is 16.4. The van der Waals surface area contributed by atoms with E-state index in [0.29, 0.717) is 112 Å². The first-order chi connectivity index (χ1) is 34.7. The first-order valence-electron chi connectivity index (χ1n) is 24.0. The Morgan fingerprint density at radius 3 is 1.26 bits per heavy atom. The van der Waals surface area contributed by atoms with Gasteiger partial charge in [-0.3, -0.25) is 0 Å². The maximum absolute atomic E-state index is 13.2. The molecule has 5 aromatic rings. The van der Waals surface area contributed by atoms with Gasteiger partial charge in [0, 0.05) is 97.4 Å². The lowest BCUT2D eigenvalue weighted by Gasteiger charge is -2.33. The third-order valence-electron chi connectivity index (χ3n) is 12.5. The Kier molecular flexibility index (Phi) is 21.6. The Morgan fingerprint density at radius 1 is 0.500 bits per heavy atom. The molecular weight excluding hydrogens is 1040 g/mol. The van der Waals surface area contributed by atoms with Crippen LogP contribution in [0.3, 0.4) is 0 Å². The van der Waals surface area contributed by atoms with Crippen LogP contribution in [0.2, 0.25) is 20.1 Å². The number of likely N-dealkylation sites (N-methyl/N-ethyl adjacent to an activating group) is 2. The molecule has 4 N–H and O–H groups in total. The van der Waals surface area contributed by atoms with Gasteiger partial charge in [0.2, 0.25) is 20.0 Å². The van der Waals surface area contributed by atoms with Crippen molar-refractivity contribution in [2.24, 2.45) is 0 Å². The molecule has 0 fully saturated rings. The van der Waals surface area contributed by atoms with Crippen molar-refractivity contribution < 1.29 is 35.8 Å².